The third-order valence-electron chi connectivity index (χ3n) is 2.49. The van der Waals surface area contributed by atoms with Crippen molar-refractivity contribution in [3.05, 3.63) is 28.8 Å². The highest BCUT2D eigenvalue weighted by Gasteiger charge is 2.31. The van der Waals surface area contributed by atoms with Gasteiger partial charge in [-0.2, -0.15) is 13.2 Å². The lowest BCUT2D eigenvalue weighted by Gasteiger charge is -2.17. The van der Waals surface area contributed by atoms with Crippen LogP contribution in [-0.4, -0.2) is 17.1 Å². The van der Waals surface area contributed by atoms with E-state index in [1.165, 1.54) is 0 Å². The lowest BCUT2D eigenvalue weighted by molar-refractivity contribution is -0.138. The molecule has 1 atom stereocenters. The molecule has 1 aromatic carbocycles. The first-order valence-electron chi connectivity index (χ1n) is 5.55. The molecule has 0 saturated carbocycles. The Hall–Kier alpha value is -1.43. The Labute approximate surface area is 113 Å². The zero-order valence-electron chi connectivity index (χ0n) is 10.1. The summed E-state index contributed by atoms with van der Waals surface area (Å²) >= 11 is 5.81. The van der Waals surface area contributed by atoms with Crippen LogP contribution in [0.4, 0.5) is 18.9 Å². The molecule has 0 aromatic heterocycles. The third-order valence-corrected chi connectivity index (χ3v) is 2.82. The monoisotopic (exact) mass is 295 g/mol. The molecule has 0 spiro atoms. The molecular formula is C12H13ClF3NO2. The maximum Gasteiger partial charge on any atom is 0.416 e. The summed E-state index contributed by atoms with van der Waals surface area (Å²) in [5.74, 6) is -0.955. The van der Waals surface area contributed by atoms with Gasteiger partial charge in [0.05, 0.1) is 16.3 Å². The van der Waals surface area contributed by atoms with Crippen LogP contribution < -0.4 is 5.32 Å². The highest BCUT2D eigenvalue weighted by molar-refractivity contribution is 6.33. The SMILES string of the molecule is CC(CCC(=O)O)Nc1cc(C(F)(F)F)ccc1Cl. The maximum absolute atomic E-state index is 12.5. The van der Waals surface area contributed by atoms with Crippen molar-refractivity contribution in [1.29, 1.82) is 0 Å². The van der Waals surface area contributed by atoms with E-state index >= 15 is 0 Å². The minimum Gasteiger partial charge on any atom is -0.481 e. The van der Waals surface area contributed by atoms with Gasteiger partial charge in [-0.25, -0.2) is 0 Å². The van der Waals surface area contributed by atoms with Gasteiger partial charge in [-0.15, -0.1) is 0 Å². The van der Waals surface area contributed by atoms with Crippen LogP contribution in [0.1, 0.15) is 25.3 Å². The predicted molar refractivity (Wildman–Crippen MR) is 66.4 cm³/mol. The number of alkyl halides is 3. The van der Waals surface area contributed by atoms with Crippen LogP contribution in [0.25, 0.3) is 0 Å². The minimum absolute atomic E-state index is 0.0647. The van der Waals surface area contributed by atoms with Crippen molar-refractivity contribution in [1.82, 2.24) is 0 Å². The molecule has 0 aliphatic rings. The fourth-order valence-electron chi connectivity index (χ4n) is 1.49. The normalized spacial score (nSPS) is 13.1. The van der Waals surface area contributed by atoms with E-state index in [1.807, 2.05) is 0 Å². The Balaban J connectivity index is 2.80. The molecule has 0 amide bonds. The maximum atomic E-state index is 12.5. The van der Waals surface area contributed by atoms with Gasteiger partial charge in [0.2, 0.25) is 0 Å². The molecule has 0 fully saturated rings. The van der Waals surface area contributed by atoms with Gasteiger partial charge in [0.1, 0.15) is 0 Å². The molecule has 0 aliphatic carbocycles. The summed E-state index contributed by atoms with van der Waals surface area (Å²) < 4.78 is 37.6. The van der Waals surface area contributed by atoms with E-state index in [0.717, 1.165) is 18.2 Å². The second-order valence-corrected chi connectivity index (χ2v) is 4.58. The van der Waals surface area contributed by atoms with Gasteiger partial charge in [-0.1, -0.05) is 11.6 Å². The number of aliphatic carboxylic acids is 1. The Bertz CT molecular complexity index is 463. The number of carboxylic acid groups (broad SMARTS) is 1. The highest BCUT2D eigenvalue weighted by atomic mass is 35.5. The van der Waals surface area contributed by atoms with Gasteiger partial charge >= 0.3 is 12.1 Å². The van der Waals surface area contributed by atoms with Gasteiger partial charge < -0.3 is 10.4 Å². The van der Waals surface area contributed by atoms with Gasteiger partial charge in [-0.3, -0.25) is 4.79 Å². The minimum atomic E-state index is -4.44. The van der Waals surface area contributed by atoms with Crippen molar-refractivity contribution in [2.24, 2.45) is 0 Å². The van der Waals surface area contributed by atoms with Crippen LogP contribution in [0.5, 0.6) is 0 Å². The second kappa shape index (κ2) is 6.14. The first-order chi connectivity index (χ1) is 8.70. The predicted octanol–water partition coefficient (Wildman–Crippen LogP) is 4.02. The number of halogens is 4. The van der Waals surface area contributed by atoms with E-state index < -0.39 is 17.7 Å². The lowest BCUT2D eigenvalue weighted by atomic mass is 10.1. The van der Waals surface area contributed by atoms with Crippen LogP contribution in [-0.2, 0) is 11.0 Å². The van der Waals surface area contributed by atoms with E-state index in [1.54, 1.807) is 6.92 Å². The number of hydrogen-bond acceptors (Lipinski definition) is 2. The molecule has 3 nitrogen and oxygen atoms in total. The van der Waals surface area contributed by atoms with Crippen molar-refractivity contribution in [2.75, 3.05) is 5.32 Å². The summed E-state index contributed by atoms with van der Waals surface area (Å²) in [6.45, 7) is 1.68. The zero-order chi connectivity index (χ0) is 14.6. The Morgan fingerprint density at radius 2 is 2.11 bits per heavy atom. The number of benzene rings is 1. The van der Waals surface area contributed by atoms with E-state index in [2.05, 4.69) is 5.32 Å². The van der Waals surface area contributed by atoms with Gasteiger partial charge in [0.25, 0.3) is 0 Å². The Morgan fingerprint density at radius 3 is 2.63 bits per heavy atom. The number of carboxylic acids is 1. The number of rotatable bonds is 5. The lowest BCUT2D eigenvalue weighted by Crippen LogP contribution is -2.17. The molecule has 0 radical (unpaired) electrons. The second-order valence-electron chi connectivity index (χ2n) is 4.17. The first kappa shape index (κ1) is 15.6. The number of carbonyl (C=O) groups is 1. The van der Waals surface area contributed by atoms with E-state index in [9.17, 15) is 18.0 Å². The van der Waals surface area contributed by atoms with Gasteiger partial charge in [0.15, 0.2) is 0 Å². The standard InChI is InChI=1S/C12H13ClF3NO2/c1-7(2-5-11(18)19)17-10-6-8(12(14,15)16)3-4-9(10)13/h3-4,6-7,17H,2,5H2,1H3,(H,18,19). The van der Waals surface area contributed by atoms with Crippen molar-refractivity contribution >= 4 is 23.3 Å². The molecule has 19 heavy (non-hydrogen) atoms. The van der Waals surface area contributed by atoms with Crippen LogP contribution in [0.2, 0.25) is 5.02 Å². The molecule has 106 valence electrons. The summed E-state index contributed by atoms with van der Waals surface area (Å²) in [5, 5.41) is 11.5. The zero-order valence-corrected chi connectivity index (χ0v) is 10.8. The summed E-state index contributed by atoms with van der Waals surface area (Å²) in [6, 6.07) is 2.68. The van der Waals surface area contributed by atoms with Gasteiger partial charge in [-0.05, 0) is 31.5 Å². The van der Waals surface area contributed by atoms with E-state index in [4.69, 9.17) is 16.7 Å². The third kappa shape index (κ3) is 4.98. The molecular weight excluding hydrogens is 283 g/mol. The number of hydrogen-bond donors (Lipinski definition) is 2. The van der Waals surface area contributed by atoms with E-state index in [0.29, 0.717) is 6.42 Å². The van der Waals surface area contributed by atoms with Crippen LogP contribution in [0.15, 0.2) is 18.2 Å². The average molecular weight is 296 g/mol. The fraction of sp³-hybridized carbons (Fsp3) is 0.417. The quantitative estimate of drug-likeness (QED) is 0.862. The average Bonchev–Trinajstić information content (AvgIpc) is 2.28. The summed E-state index contributed by atoms with van der Waals surface area (Å²) in [5.41, 5.74) is -0.654. The first-order valence-corrected chi connectivity index (χ1v) is 5.93. The Morgan fingerprint density at radius 1 is 1.47 bits per heavy atom. The van der Waals surface area contributed by atoms with Crippen molar-refractivity contribution in [3.63, 3.8) is 0 Å². The van der Waals surface area contributed by atoms with Crippen LogP contribution in [0.3, 0.4) is 0 Å². The molecule has 0 bridgehead atoms. The van der Waals surface area contributed by atoms with Gasteiger partial charge in [0, 0.05) is 12.5 Å². The largest absolute Gasteiger partial charge is 0.481 e. The number of anilines is 1. The summed E-state index contributed by atoms with van der Waals surface area (Å²) in [4.78, 5) is 10.4. The van der Waals surface area contributed by atoms with Crippen LogP contribution in [0, 0.1) is 0 Å². The molecule has 0 heterocycles. The van der Waals surface area contributed by atoms with E-state index in [-0.39, 0.29) is 23.2 Å². The molecule has 0 aliphatic heterocycles. The molecule has 1 aromatic rings. The van der Waals surface area contributed by atoms with Crippen molar-refractivity contribution in [3.8, 4) is 0 Å². The molecule has 1 rings (SSSR count). The highest BCUT2D eigenvalue weighted by Crippen LogP contribution is 2.34. The molecule has 2 N–H and O–H groups in total. The van der Waals surface area contributed by atoms with Crippen LogP contribution >= 0.6 is 11.6 Å². The topological polar surface area (TPSA) is 49.3 Å². The van der Waals surface area contributed by atoms with Crippen molar-refractivity contribution in [2.45, 2.75) is 32.0 Å². The molecule has 1 unspecified atom stereocenters. The molecule has 7 heteroatoms. The summed E-state index contributed by atoms with van der Waals surface area (Å²) in [6.07, 6.45) is -4.21. The molecule has 0 saturated heterocycles. The smallest absolute Gasteiger partial charge is 0.416 e. The number of nitrogens with one attached hydrogen (secondary N) is 1. The Kier molecular flexibility index (Phi) is 5.05. The van der Waals surface area contributed by atoms with Crippen molar-refractivity contribution < 1.29 is 23.1 Å². The fourth-order valence-corrected chi connectivity index (χ4v) is 1.66. The summed E-state index contributed by atoms with van der Waals surface area (Å²) in [7, 11) is 0.